The summed E-state index contributed by atoms with van der Waals surface area (Å²) >= 11 is 0. The normalized spacial score (nSPS) is 18.9. The summed E-state index contributed by atoms with van der Waals surface area (Å²) < 4.78 is 15.2. The van der Waals surface area contributed by atoms with Gasteiger partial charge in [-0.15, -0.1) is 0 Å². The fourth-order valence-electron chi connectivity index (χ4n) is 7.46. The lowest BCUT2D eigenvalue weighted by atomic mass is 9.76. The monoisotopic (exact) mass is 635 g/mol. The number of hydrogen-bond acceptors (Lipinski definition) is 6. The molecule has 0 spiro atoms. The van der Waals surface area contributed by atoms with E-state index in [2.05, 4.69) is 15.3 Å². The Morgan fingerprint density at radius 2 is 1.60 bits per heavy atom. The highest BCUT2D eigenvalue weighted by molar-refractivity contribution is 6.32. The fraction of sp³-hybridized carbons (Fsp3) is 0.220. The van der Waals surface area contributed by atoms with Gasteiger partial charge in [0, 0.05) is 29.5 Å². The van der Waals surface area contributed by atoms with Crippen molar-refractivity contribution >= 4 is 46.9 Å². The molecule has 4 aromatic carbocycles. The molecule has 4 aromatic rings. The van der Waals surface area contributed by atoms with Crippen molar-refractivity contribution in [3.05, 3.63) is 141 Å². The van der Waals surface area contributed by atoms with E-state index < -0.39 is 23.5 Å². The Bertz CT molecular complexity index is 2260. The molecular weight excluding hydrogens is 601 g/mol. The highest BCUT2D eigenvalue weighted by Gasteiger charge is 2.39. The van der Waals surface area contributed by atoms with Crippen molar-refractivity contribution in [2.45, 2.75) is 50.5 Å². The van der Waals surface area contributed by atoms with Crippen LogP contribution in [0.1, 0.15) is 65.9 Å². The molecule has 4 aliphatic rings. The molecule has 0 amide bonds. The number of Topliss-reactive ketones (excluding diaryl/α,β-unsaturated/α-hetero) is 2. The first-order valence-corrected chi connectivity index (χ1v) is 16.5. The summed E-state index contributed by atoms with van der Waals surface area (Å²) in [5.74, 6) is -1.27. The number of fused-ring (bicyclic) bond motifs is 5. The number of rotatable bonds is 5. The van der Waals surface area contributed by atoms with Crippen LogP contribution in [-0.4, -0.2) is 29.9 Å². The molecule has 0 bridgehead atoms. The third kappa shape index (κ3) is 5.89. The van der Waals surface area contributed by atoms with E-state index in [1.807, 2.05) is 79.0 Å². The van der Waals surface area contributed by atoms with Gasteiger partial charge in [-0.1, -0.05) is 98.5 Å². The largest absolute Gasteiger partial charge is 0.360 e. The first-order valence-electron chi connectivity index (χ1n) is 16.5. The third-order valence-electron chi connectivity index (χ3n) is 9.76. The van der Waals surface area contributed by atoms with Gasteiger partial charge < -0.3 is 5.32 Å². The molecule has 0 aromatic heterocycles. The fourth-order valence-corrected chi connectivity index (χ4v) is 7.46. The maximum Gasteiger partial charge on any atom is 0.236 e. The number of ketones is 2. The van der Waals surface area contributed by atoms with Gasteiger partial charge in [0.05, 0.1) is 11.4 Å². The SMILES string of the molecule is C1=CNc2ccccc2N=C1.O=C=NC1C(=O)C(CCC2CCCC2)=c2ccc3c(c2C1=O)C(c1ccccc1F)C=c1ccccc1=3. The number of nitrogens with one attached hydrogen (secondary N) is 1. The lowest BCUT2D eigenvalue weighted by Gasteiger charge is -2.27. The Labute approximate surface area is 277 Å². The molecule has 0 saturated heterocycles. The minimum absolute atomic E-state index is 0.362. The summed E-state index contributed by atoms with van der Waals surface area (Å²) in [6.45, 7) is 0. The molecule has 3 aliphatic carbocycles. The molecule has 1 heterocycles. The van der Waals surface area contributed by atoms with Crippen LogP contribution in [-0.2, 0) is 9.59 Å². The number of allylic oxidation sites excluding steroid dienone is 1. The lowest BCUT2D eigenvalue weighted by molar-refractivity contribution is -0.114. The predicted molar refractivity (Wildman–Crippen MR) is 186 cm³/mol. The second-order valence-electron chi connectivity index (χ2n) is 12.5. The molecule has 1 N–H and O–H groups in total. The quantitative estimate of drug-likeness (QED) is 0.146. The van der Waals surface area contributed by atoms with E-state index in [1.165, 1.54) is 25.0 Å². The standard InChI is InChI=1S/C32H26FNO3.C9H8N2/c33-27-12-6-5-11-22(27)26-17-20-9-3-4-10-21(20)23-15-16-24-25(14-13-19-7-1-2-8-19)31(36)30(34-18-35)32(37)29(24)28(23)26;1-2-5-9-8(4-1)10-6-3-7-11-9/h3-6,9-12,15-17,19,26,30H,1-2,7-8,13-14H2;1-7,10H. The number of halogens is 1. The Balaban J connectivity index is 0.000000280. The van der Waals surface area contributed by atoms with E-state index in [1.54, 1.807) is 24.4 Å². The molecule has 238 valence electrons. The van der Waals surface area contributed by atoms with Crippen LogP contribution in [0.15, 0.2) is 107 Å². The number of benzene rings is 4. The number of para-hydroxylation sites is 2. The lowest BCUT2D eigenvalue weighted by Crippen LogP contribution is -2.42. The highest BCUT2D eigenvalue weighted by atomic mass is 19.1. The van der Waals surface area contributed by atoms with E-state index in [0.29, 0.717) is 39.8 Å². The molecule has 1 fully saturated rings. The van der Waals surface area contributed by atoms with Crippen LogP contribution in [0.2, 0.25) is 0 Å². The van der Waals surface area contributed by atoms with Crippen LogP contribution in [0, 0.1) is 22.2 Å². The first kappa shape index (κ1) is 31.1. The van der Waals surface area contributed by atoms with Crippen molar-refractivity contribution in [2.24, 2.45) is 15.9 Å². The van der Waals surface area contributed by atoms with Crippen LogP contribution in [0.3, 0.4) is 0 Å². The van der Waals surface area contributed by atoms with Crippen LogP contribution < -0.4 is 15.8 Å². The van der Waals surface area contributed by atoms with Gasteiger partial charge in [0.2, 0.25) is 6.08 Å². The summed E-state index contributed by atoms with van der Waals surface area (Å²) in [6, 6.07) is 24.7. The van der Waals surface area contributed by atoms with Crippen molar-refractivity contribution in [1.82, 2.24) is 0 Å². The van der Waals surface area contributed by atoms with E-state index in [4.69, 9.17) is 0 Å². The zero-order chi connectivity index (χ0) is 33.0. The van der Waals surface area contributed by atoms with Crippen molar-refractivity contribution in [3.8, 4) is 0 Å². The maximum atomic E-state index is 15.2. The van der Waals surface area contributed by atoms with E-state index in [0.717, 1.165) is 46.3 Å². The molecule has 48 heavy (non-hydrogen) atoms. The second kappa shape index (κ2) is 13.7. The van der Waals surface area contributed by atoms with Crippen molar-refractivity contribution in [3.63, 3.8) is 0 Å². The van der Waals surface area contributed by atoms with Gasteiger partial charge >= 0.3 is 0 Å². The molecule has 2 atom stereocenters. The van der Waals surface area contributed by atoms with Crippen molar-refractivity contribution in [1.29, 1.82) is 0 Å². The highest BCUT2D eigenvalue weighted by Crippen LogP contribution is 2.36. The average molecular weight is 636 g/mol. The summed E-state index contributed by atoms with van der Waals surface area (Å²) in [6.07, 6.45) is 15.0. The Hall–Kier alpha value is -5.52. The van der Waals surface area contributed by atoms with E-state index in [9.17, 15) is 14.4 Å². The number of isocyanates is 1. The van der Waals surface area contributed by atoms with Crippen molar-refractivity contribution < 1.29 is 18.8 Å². The molecule has 7 heteroatoms. The smallest absolute Gasteiger partial charge is 0.236 e. The minimum atomic E-state index is -1.44. The zero-order valence-electron chi connectivity index (χ0n) is 26.4. The first-order chi connectivity index (χ1) is 23.5. The summed E-state index contributed by atoms with van der Waals surface area (Å²) in [5.41, 5.74) is 4.08. The molecule has 2 unspecified atom stereocenters. The average Bonchev–Trinajstić information content (AvgIpc) is 3.52. The van der Waals surface area contributed by atoms with Crippen LogP contribution in [0.4, 0.5) is 15.8 Å². The zero-order valence-corrected chi connectivity index (χ0v) is 26.4. The van der Waals surface area contributed by atoms with Crippen LogP contribution in [0.25, 0.3) is 11.6 Å². The van der Waals surface area contributed by atoms with E-state index in [-0.39, 0.29) is 5.82 Å². The minimum Gasteiger partial charge on any atom is -0.360 e. The molecule has 0 radical (unpaired) electrons. The summed E-state index contributed by atoms with van der Waals surface area (Å²) in [4.78, 5) is 46.5. The topological polar surface area (TPSA) is 88.0 Å². The Morgan fingerprint density at radius 3 is 2.44 bits per heavy atom. The third-order valence-corrected chi connectivity index (χ3v) is 9.76. The predicted octanol–water partition coefficient (Wildman–Crippen LogP) is 6.96. The summed E-state index contributed by atoms with van der Waals surface area (Å²) in [5, 5.41) is 6.44. The molecule has 1 aliphatic heterocycles. The maximum absolute atomic E-state index is 15.2. The second-order valence-corrected chi connectivity index (χ2v) is 12.5. The van der Waals surface area contributed by atoms with E-state index >= 15 is 4.39 Å². The molecule has 6 nitrogen and oxygen atoms in total. The Morgan fingerprint density at radius 1 is 0.854 bits per heavy atom. The Kier molecular flexibility index (Phi) is 8.87. The van der Waals surface area contributed by atoms with Gasteiger partial charge in [-0.3, -0.25) is 14.6 Å². The number of carbonyl (C=O) groups is 2. The number of aliphatic imine (C=N–C) groups is 2. The van der Waals surface area contributed by atoms with Crippen LogP contribution >= 0.6 is 0 Å². The summed E-state index contributed by atoms with van der Waals surface area (Å²) in [7, 11) is 0. The number of hydrogen-bond donors (Lipinski definition) is 1. The van der Waals surface area contributed by atoms with Crippen LogP contribution in [0.5, 0.6) is 0 Å². The van der Waals surface area contributed by atoms with Gasteiger partial charge in [0.25, 0.3) is 0 Å². The molecular formula is C41H34FN3O3. The van der Waals surface area contributed by atoms with Crippen molar-refractivity contribution in [2.75, 3.05) is 5.32 Å². The molecule has 1 saturated carbocycles. The number of anilines is 1. The van der Waals surface area contributed by atoms with Gasteiger partial charge in [-0.05, 0) is 75.0 Å². The van der Waals surface area contributed by atoms with Gasteiger partial charge in [-0.25, -0.2) is 9.18 Å². The van der Waals surface area contributed by atoms with Gasteiger partial charge in [0.15, 0.2) is 17.6 Å². The number of carbonyl (C=O) groups excluding carboxylic acids is 3. The van der Waals surface area contributed by atoms with Gasteiger partial charge in [-0.2, -0.15) is 4.99 Å². The molecule has 8 rings (SSSR count). The van der Waals surface area contributed by atoms with Gasteiger partial charge in [0.1, 0.15) is 5.82 Å². The number of nitrogens with zero attached hydrogens (tertiary/aromatic N) is 2.